The van der Waals surface area contributed by atoms with Gasteiger partial charge in [-0.25, -0.2) is 8.42 Å². The van der Waals surface area contributed by atoms with Crippen LogP contribution in [0.25, 0.3) is 0 Å². The zero-order valence-electron chi connectivity index (χ0n) is 15.8. The molecule has 0 spiro atoms. The summed E-state index contributed by atoms with van der Waals surface area (Å²) in [5.74, 6) is -0.0656. The van der Waals surface area contributed by atoms with E-state index in [0.29, 0.717) is 42.8 Å². The molecule has 1 fully saturated rings. The molecule has 11 heteroatoms. The van der Waals surface area contributed by atoms with Crippen molar-refractivity contribution in [3.05, 3.63) is 53.6 Å². The number of nitrogens with one attached hydrogen (secondary N) is 2. The van der Waals surface area contributed by atoms with Crippen molar-refractivity contribution in [3.8, 4) is 5.75 Å². The molecule has 0 radical (unpaired) electrons. The van der Waals surface area contributed by atoms with Gasteiger partial charge in [0.05, 0.1) is 23.1 Å². The van der Waals surface area contributed by atoms with Gasteiger partial charge < -0.3 is 14.8 Å². The predicted molar refractivity (Wildman–Crippen MR) is 117 cm³/mol. The minimum atomic E-state index is -3.57. The SMILES string of the molecule is O=C(COc1ccccc1Cl)NC(=S)Nc1ccc(S(=O)(=O)N2CCOCC2)cc1. The van der Waals surface area contributed by atoms with E-state index in [1.165, 1.54) is 16.4 Å². The first kappa shape index (κ1) is 22.4. The van der Waals surface area contributed by atoms with E-state index >= 15 is 0 Å². The number of benzene rings is 2. The number of halogens is 1. The van der Waals surface area contributed by atoms with Crippen LogP contribution >= 0.6 is 23.8 Å². The molecule has 2 aromatic rings. The Morgan fingerprint density at radius 3 is 2.47 bits per heavy atom. The van der Waals surface area contributed by atoms with Crippen LogP contribution in [-0.2, 0) is 19.6 Å². The highest BCUT2D eigenvalue weighted by Gasteiger charge is 2.26. The zero-order chi connectivity index (χ0) is 21.6. The van der Waals surface area contributed by atoms with E-state index in [1.54, 1.807) is 36.4 Å². The molecule has 30 heavy (non-hydrogen) atoms. The van der Waals surface area contributed by atoms with Crippen molar-refractivity contribution in [1.82, 2.24) is 9.62 Å². The number of hydrogen-bond acceptors (Lipinski definition) is 6. The largest absolute Gasteiger partial charge is 0.482 e. The second-order valence-corrected chi connectivity index (χ2v) is 9.02. The Bertz CT molecular complexity index is 1010. The molecule has 160 valence electrons. The molecule has 0 aromatic heterocycles. The van der Waals surface area contributed by atoms with Crippen LogP contribution in [-0.4, -0.2) is 56.7 Å². The number of morpholine rings is 1. The molecule has 1 heterocycles. The Morgan fingerprint density at radius 2 is 1.80 bits per heavy atom. The summed E-state index contributed by atoms with van der Waals surface area (Å²) in [6, 6.07) is 12.9. The summed E-state index contributed by atoms with van der Waals surface area (Å²) in [7, 11) is -3.57. The topological polar surface area (TPSA) is 97.0 Å². The number of hydrogen-bond donors (Lipinski definition) is 2. The first-order valence-corrected chi connectivity index (χ1v) is 11.2. The van der Waals surface area contributed by atoms with Gasteiger partial charge in [0.1, 0.15) is 5.75 Å². The van der Waals surface area contributed by atoms with Gasteiger partial charge in [0.2, 0.25) is 10.0 Å². The number of sulfonamides is 1. The van der Waals surface area contributed by atoms with E-state index in [2.05, 4.69) is 10.6 Å². The first-order valence-electron chi connectivity index (χ1n) is 9.02. The number of para-hydroxylation sites is 1. The highest BCUT2D eigenvalue weighted by Crippen LogP contribution is 2.23. The number of ether oxygens (including phenoxy) is 2. The lowest BCUT2D eigenvalue weighted by atomic mass is 10.3. The molecule has 0 atom stereocenters. The maximum absolute atomic E-state index is 12.6. The van der Waals surface area contributed by atoms with Crippen molar-refractivity contribution in [1.29, 1.82) is 0 Å². The van der Waals surface area contributed by atoms with Crippen LogP contribution in [0.5, 0.6) is 5.75 Å². The third kappa shape index (κ3) is 5.89. The van der Waals surface area contributed by atoms with Crippen LogP contribution in [0.3, 0.4) is 0 Å². The predicted octanol–water partition coefficient (Wildman–Crippen LogP) is 2.25. The fraction of sp³-hybridized carbons (Fsp3) is 0.263. The maximum Gasteiger partial charge on any atom is 0.264 e. The molecule has 0 unspecified atom stereocenters. The van der Waals surface area contributed by atoms with Gasteiger partial charge in [-0.2, -0.15) is 4.31 Å². The minimum absolute atomic E-state index is 0.0616. The second kappa shape index (κ2) is 10.2. The summed E-state index contributed by atoms with van der Waals surface area (Å²) >= 11 is 11.1. The molecule has 0 aliphatic carbocycles. The van der Waals surface area contributed by atoms with Gasteiger partial charge in [-0.15, -0.1) is 0 Å². The number of thiocarbonyl (C=S) groups is 1. The number of carbonyl (C=O) groups excluding carboxylic acids is 1. The molecular weight excluding hydrogens is 450 g/mol. The monoisotopic (exact) mass is 469 g/mol. The summed E-state index contributed by atoms with van der Waals surface area (Å²) in [4.78, 5) is 12.2. The molecule has 1 amide bonds. The average Bonchev–Trinajstić information content (AvgIpc) is 2.74. The third-order valence-corrected chi connectivity index (χ3v) is 6.60. The minimum Gasteiger partial charge on any atom is -0.482 e. The standard InChI is InChI=1S/C19H20ClN3O5S2/c20-16-3-1-2-4-17(16)28-13-18(24)22-19(29)21-14-5-7-15(8-6-14)30(25,26)23-9-11-27-12-10-23/h1-8H,9-13H2,(H2,21,22,24,29). The van der Waals surface area contributed by atoms with E-state index < -0.39 is 15.9 Å². The fourth-order valence-electron chi connectivity index (χ4n) is 2.68. The number of amides is 1. The molecule has 1 saturated heterocycles. The second-order valence-electron chi connectivity index (χ2n) is 6.26. The summed E-state index contributed by atoms with van der Waals surface area (Å²) in [6.45, 7) is 1.16. The Balaban J connectivity index is 1.51. The van der Waals surface area contributed by atoms with E-state index in [9.17, 15) is 13.2 Å². The molecule has 3 rings (SSSR count). The maximum atomic E-state index is 12.6. The highest BCUT2D eigenvalue weighted by molar-refractivity contribution is 7.89. The zero-order valence-corrected chi connectivity index (χ0v) is 18.2. The fourth-order valence-corrected chi connectivity index (χ4v) is 4.51. The smallest absolute Gasteiger partial charge is 0.264 e. The Morgan fingerprint density at radius 1 is 1.13 bits per heavy atom. The van der Waals surface area contributed by atoms with Crippen LogP contribution in [0.1, 0.15) is 0 Å². The van der Waals surface area contributed by atoms with Crippen molar-refractivity contribution >= 4 is 50.5 Å². The average molecular weight is 470 g/mol. The van der Waals surface area contributed by atoms with Crippen molar-refractivity contribution in [3.63, 3.8) is 0 Å². The first-order chi connectivity index (χ1) is 14.4. The number of carbonyl (C=O) groups is 1. The molecule has 1 aliphatic rings. The highest BCUT2D eigenvalue weighted by atomic mass is 35.5. The summed E-state index contributed by atoms with van der Waals surface area (Å²) < 4.78 is 37.2. The molecular formula is C19H20ClN3O5S2. The molecule has 0 bridgehead atoms. The van der Waals surface area contributed by atoms with Gasteiger partial charge in [0.15, 0.2) is 11.7 Å². The van der Waals surface area contributed by atoms with Gasteiger partial charge in [0.25, 0.3) is 5.91 Å². The van der Waals surface area contributed by atoms with Gasteiger partial charge in [-0.3, -0.25) is 10.1 Å². The molecule has 8 nitrogen and oxygen atoms in total. The van der Waals surface area contributed by atoms with Gasteiger partial charge in [-0.05, 0) is 48.6 Å². The summed E-state index contributed by atoms with van der Waals surface area (Å²) in [5, 5.41) is 5.78. The summed E-state index contributed by atoms with van der Waals surface area (Å²) in [6.07, 6.45) is 0. The molecule has 0 saturated carbocycles. The lowest BCUT2D eigenvalue weighted by Gasteiger charge is -2.26. The quantitative estimate of drug-likeness (QED) is 0.626. The molecule has 2 aromatic carbocycles. The van der Waals surface area contributed by atoms with Crippen molar-refractivity contribution in [2.75, 3.05) is 38.2 Å². The normalized spacial score (nSPS) is 14.7. The van der Waals surface area contributed by atoms with Crippen molar-refractivity contribution in [2.24, 2.45) is 0 Å². The number of nitrogens with zero attached hydrogens (tertiary/aromatic N) is 1. The van der Waals surface area contributed by atoms with Crippen molar-refractivity contribution < 1.29 is 22.7 Å². The van der Waals surface area contributed by atoms with Gasteiger partial charge in [-0.1, -0.05) is 23.7 Å². The third-order valence-electron chi connectivity index (χ3n) is 4.17. The Labute approximate surface area is 185 Å². The Kier molecular flexibility index (Phi) is 7.62. The van der Waals surface area contributed by atoms with Gasteiger partial charge >= 0.3 is 0 Å². The lowest BCUT2D eigenvalue weighted by Crippen LogP contribution is -2.40. The summed E-state index contributed by atoms with van der Waals surface area (Å²) in [5.41, 5.74) is 0.535. The molecule has 2 N–H and O–H groups in total. The van der Waals surface area contributed by atoms with Crippen LogP contribution in [0.2, 0.25) is 5.02 Å². The van der Waals surface area contributed by atoms with E-state index in [0.717, 1.165) is 0 Å². The lowest BCUT2D eigenvalue weighted by molar-refractivity contribution is -0.121. The van der Waals surface area contributed by atoms with Crippen molar-refractivity contribution in [2.45, 2.75) is 4.90 Å². The van der Waals surface area contributed by atoms with E-state index in [1.807, 2.05) is 0 Å². The number of rotatable bonds is 6. The van der Waals surface area contributed by atoms with Crippen LogP contribution in [0.15, 0.2) is 53.4 Å². The van der Waals surface area contributed by atoms with Crippen LogP contribution < -0.4 is 15.4 Å². The van der Waals surface area contributed by atoms with Crippen LogP contribution in [0.4, 0.5) is 5.69 Å². The Hall–Kier alpha value is -2.24. The van der Waals surface area contributed by atoms with Gasteiger partial charge in [0, 0.05) is 18.8 Å². The van der Waals surface area contributed by atoms with Crippen LogP contribution in [0, 0.1) is 0 Å². The molecule has 1 aliphatic heterocycles. The van der Waals surface area contributed by atoms with E-state index in [-0.39, 0.29) is 16.6 Å². The van der Waals surface area contributed by atoms with E-state index in [4.69, 9.17) is 33.3 Å². The number of anilines is 1.